The highest BCUT2D eigenvalue weighted by molar-refractivity contribution is 5.80. The van der Waals surface area contributed by atoms with Crippen LogP contribution in [0, 0.1) is 11.8 Å². The summed E-state index contributed by atoms with van der Waals surface area (Å²) in [6, 6.07) is 10.8. The van der Waals surface area contributed by atoms with Crippen LogP contribution in [-0.4, -0.2) is 34.5 Å². The zero-order chi connectivity index (χ0) is 16.9. The second kappa shape index (κ2) is 7.82. The van der Waals surface area contributed by atoms with Gasteiger partial charge in [-0.1, -0.05) is 30.3 Å². The summed E-state index contributed by atoms with van der Waals surface area (Å²) in [7, 11) is 0. The molecule has 1 aliphatic heterocycles. The number of aryl methyl sites for hydroxylation is 1. The Morgan fingerprint density at radius 2 is 1.67 bits per heavy atom. The second-order valence-corrected chi connectivity index (χ2v) is 7.24. The molecule has 4 heteroatoms. The van der Waals surface area contributed by atoms with E-state index in [0.29, 0.717) is 18.9 Å². The number of nitrogens with zero attached hydrogens (tertiary/aromatic N) is 1. The molecule has 3 rings (SSSR count). The molecule has 1 saturated carbocycles. The highest BCUT2D eigenvalue weighted by Crippen LogP contribution is 2.33. The molecule has 1 amide bonds. The van der Waals surface area contributed by atoms with Gasteiger partial charge in [0.1, 0.15) is 0 Å². The van der Waals surface area contributed by atoms with Gasteiger partial charge in [-0.25, -0.2) is 0 Å². The number of amides is 1. The summed E-state index contributed by atoms with van der Waals surface area (Å²) >= 11 is 0. The van der Waals surface area contributed by atoms with E-state index in [1.807, 2.05) is 6.07 Å². The van der Waals surface area contributed by atoms with Gasteiger partial charge in [0.25, 0.3) is 0 Å². The molecule has 2 aliphatic rings. The highest BCUT2D eigenvalue weighted by Gasteiger charge is 2.36. The fraction of sp³-hybridized carbons (Fsp3) is 0.600. The van der Waals surface area contributed by atoms with E-state index < -0.39 is 5.97 Å². The van der Waals surface area contributed by atoms with Gasteiger partial charge in [-0.2, -0.15) is 0 Å². The van der Waals surface area contributed by atoms with Gasteiger partial charge < -0.3 is 10.0 Å². The van der Waals surface area contributed by atoms with Crippen LogP contribution in [-0.2, 0) is 16.0 Å². The number of benzene rings is 1. The number of carbonyl (C=O) groups excluding carboxylic acids is 1. The average molecular weight is 329 g/mol. The number of likely N-dealkylation sites (tertiary alicyclic amines) is 1. The Kier molecular flexibility index (Phi) is 5.54. The van der Waals surface area contributed by atoms with Gasteiger partial charge >= 0.3 is 5.97 Å². The minimum Gasteiger partial charge on any atom is -0.481 e. The maximum absolute atomic E-state index is 12.9. The Bertz CT molecular complexity index is 564. The maximum Gasteiger partial charge on any atom is 0.306 e. The first-order valence-electron chi connectivity index (χ1n) is 9.22. The van der Waals surface area contributed by atoms with E-state index in [1.54, 1.807) is 0 Å². The molecule has 1 N–H and O–H groups in total. The van der Waals surface area contributed by atoms with Gasteiger partial charge in [0, 0.05) is 18.5 Å². The van der Waals surface area contributed by atoms with E-state index in [4.69, 9.17) is 5.11 Å². The van der Waals surface area contributed by atoms with Crippen LogP contribution in [0.1, 0.15) is 50.5 Å². The molecule has 1 aliphatic carbocycles. The first kappa shape index (κ1) is 17.0. The van der Waals surface area contributed by atoms with Crippen LogP contribution in [0.15, 0.2) is 30.3 Å². The van der Waals surface area contributed by atoms with Gasteiger partial charge in [0.05, 0.1) is 5.92 Å². The molecule has 0 bridgehead atoms. The quantitative estimate of drug-likeness (QED) is 0.899. The number of hydrogen-bond acceptors (Lipinski definition) is 2. The number of hydrogen-bond donors (Lipinski definition) is 1. The molecule has 1 heterocycles. The second-order valence-electron chi connectivity index (χ2n) is 7.24. The Morgan fingerprint density at radius 3 is 2.33 bits per heavy atom. The van der Waals surface area contributed by atoms with Gasteiger partial charge in [-0.05, 0) is 56.9 Å². The predicted molar refractivity (Wildman–Crippen MR) is 92.6 cm³/mol. The molecule has 130 valence electrons. The van der Waals surface area contributed by atoms with Crippen molar-refractivity contribution < 1.29 is 14.7 Å². The van der Waals surface area contributed by atoms with Crippen molar-refractivity contribution in [3.63, 3.8) is 0 Å². The minimum absolute atomic E-state index is 0.0397. The number of carboxylic acids is 1. The summed E-state index contributed by atoms with van der Waals surface area (Å²) < 4.78 is 0. The van der Waals surface area contributed by atoms with Crippen molar-refractivity contribution in [1.82, 2.24) is 4.90 Å². The van der Waals surface area contributed by atoms with Crippen molar-refractivity contribution in [2.24, 2.45) is 11.8 Å². The zero-order valence-electron chi connectivity index (χ0n) is 14.2. The van der Waals surface area contributed by atoms with Crippen molar-refractivity contribution in [2.75, 3.05) is 6.54 Å². The summed E-state index contributed by atoms with van der Waals surface area (Å²) in [5.74, 6) is -0.642. The Morgan fingerprint density at radius 1 is 1.00 bits per heavy atom. The molecule has 0 aromatic heterocycles. The topological polar surface area (TPSA) is 57.6 Å². The lowest BCUT2D eigenvalue weighted by atomic mass is 9.81. The molecule has 1 atom stereocenters. The van der Waals surface area contributed by atoms with E-state index in [2.05, 4.69) is 29.2 Å². The summed E-state index contributed by atoms with van der Waals surface area (Å²) in [6.07, 6.45) is 7.00. The molecule has 1 aromatic carbocycles. The van der Waals surface area contributed by atoms with Crippen molar-refractivity contribution >= 4 is 11.9 Å². The SMILES string of the molecule is O=C(O)C1CCC(C(=O)N2CCCC2CCc2ccccc2)CC1. The number of aliphatic carboxylic acids is 1. The fourth-order valence-corrected chi connectivity index (χ4v) is 4.23. The van der Waals surface area contributed by atoms with Crippen molar-refractivity contribution in [1.29, 1.82) is 0 Å². The van der Waals surface area contributed by atoms with Crippen molar-refractivity contribution in [3.05, 3.63) is 35.9 Å². The Balaban J connectivity index is 1.53. The van der Waals surface area contributed by atoms with Gasteiger partial charge in [-0.3, -0.25) is 9.59 Å². The number of carbonyl (C=O) groups is 2. The van der Waals surface area contributed by atoms with Gasteiger partial charge in [-0.15, -0.1) is 0 Å². The van der Waals surface area contributed by atoms with E-state index in [0.717, 1.165) is 45.1 Å². The third-order valence-electron chi connectivity index (χ3n) is 5.69. The van der Waals surface area contributed by atoms with Crippen LogP contribution in [0.4, 0.5) is 0 Å². The van der Waals surface area contributed by atoms with Crippen LogP contribution >= 0.6 is 0 Å². The molecular formula is C20H27NO3. The average Bonchev–Trinajstić information content (AvgIpc) is 3.09. The first-order chi connectivity index (χ1) is 11.6. The monoisotopic (exact) mass is 329 g/mol. The molecule has 24 heavy (non-hydrogen) atoms. The van der Waals surface area contributed by atoms with Crippen molar-refractivity contribution in [2.45, 2.75) is 57.4 Å². The summed E-state index contributed by atoms with van der Waals surface area (Å²) in [5.41, 5.74) is 1.33. The maximum atomic E-state index is 12.9. The van der Waals surface area contributed by atoms with E-state index in [9.17, 15) is 9.59 Å². The summed E-state index contributed by atoms with van der Waals surface area (Å²) in [5, 5.41) is 9.10. The van der Waals surface area contributed by atoms with E-state index in [-0.39, 0.29) is 17.7 Å². The zero-order valence-corrected chi connectivity index (χ0v) is 14.2. The fourth-order valence-electron chi connectivity index (χ4n) is 4.23. The molecule has 1 aromatic rings. The molecule has 4 nitrogen and oxygen atoms in total. The lowest BCUT2D eigenvalue weighted by molar-refractivity contribution is -0.146. The number of carboxylic acid groups (broad SMARTS) is 1. The highest BCUT2D eigenvalue weighted by atomic mass is 16.4. The Hall–Kier alpha value is -1.84. The number of rotatable bonds is 5. The van der Waals surface area contributed by atoms with E-state index >= 15 is 0 Å². The molecule has 2 fully saturated rings. The van der Waals surface area contributed by atoms with Gasteiger partial charge in [0.2, 0.25) is 5.91 Å². The van der Waals surface area contributed by atoms with Gasteiger partial charge in [0.15, 0.2) is 0 Å². The summed E-state index contributed by atoms with van der Waals surface area (Å²) in [6.45, 7) is 0.872. The molecule has 0 spiro atoms. The van der Waals surface area contributed by atoms with Crippen LogP contribution in [0.2, 0.25) is 0 Å². The summed E-state index contributed by atoms with van der Waals surface area (Å²) in [4.78, 5) is 26.0. The Labute approximate surface area is 143 Å². The van der Waals surface area contributed by atoms with Crippen LogP contribution in [0.25, 0.3) is 0 Å². The molecule has 0 radical (unpaired) electrons. The third-order valence-corrected chi connectivity index (χ3v) is 5.69. The van der Waals surface area contributed by atoms with E-state index in [1.165, 1.54) is 5.56 Å². The minimum atomic E-state index is -0.706. The van der Waals surface area contributed by atoms with Crippen molar-refractivity contribution in [3.8, 4) is 0 Å². The standard InChI is InChI=1S/C20H27NO3/c22-19(16-9-11-17(12-10-16)20(23)24)21-14-4-7-18(21)13-8-15-5-2-1-3-6-15/h1-3,5-6,16-18H,4,7-14H2,(H,23,24). The smallest absolute Gasteiger partial charge is 0.306 e. The largest absolute Gasteiger partial charge is 0.481 e. The third kappa shape index (κ3) is 3.97. The van der Waals surface area contributed by atoms with Crippen LogP contribution < -0.4 is 0 Å². The molecular weight excluding hydrogens is 302 g/mol. The predicted octanol–water partition coefficient (Wildman–Crippen LogP) is 3.50. The van der Waals surface area contributed by atoms with Crippen LogP contribution in [0.3, 0.4) is 0 Å². The van der Waals surface area contributed by atoms with Crippen LogP contribution in [0.5, 0.6) is 0 Å². The lowest BCUT2D eigenvalue weighted by Crippen LogP contribution is -2.41. The molecule has 1 saturated heterocycles. The lowest BCUT2D eigenvalue weighted by Gasteiger charge is -2.32. The molecule has 1 unspecified atom stereocenters. The normalized spacial score (nSPS) is 27.2. The first-order valence-corrected chi connectivity index (χ1v) is 9.22.